The van der Waals surface area contributed by atoms with E-state index in [0.29, 0.717) is 37.8 Å². The number of Topliss-reactive ketones (excluding diaryl/α,β-unsaturated/α-hetero) is 1. The molecule has 0 atom stereocenters. The quantitative estimate of drug-likeness (QED) is 0.342. The number of nitrogens with one attached hydrogen (secondary N) is 1. The number of thiazole rings is 1. The smallest absolute Gasteiger partial charge is 0.381 e. The molecule has 4 aromatic rings. The highest BCUT2D eigenvalue weighted by molar-refractivity contribution is 7.16. The van der Waals surface area contributed by atoms with Gasteiger partial charge < -0.3 is 9.15 Å². The number of ketones is 1. The summed E-state index contributed by atoms with van der Waals surface area (Å²) in [5.74, 6) is 1.33. The van der Waals surface area contributed by atoms with Crippen molar-refractivity contribution in [3.63, 3.8) is 0 Å². The van der Waals surface area contributed by atoms with Crippen molar-refractivity contribution >= 4 is 44.8 Å². The Labute approximate surface area is 204 Å². The fraction of sp³-hybridized carbons (Fsp3) is 0.136. The second kappa shape index (κ2) is 10.6. The minimum Gasteiger partial charge on any atom is -0.497 e. The second-order valence-electron chi connectivity index (χ2n) is 6.86. The molecular formula is C22H18Cl2N2O7S. The van der Waals surface area contributed by atoms with Crippen LogP contribution in [0.5, 0.6) is 5.75 Å². The highest BCUT2D eigenvalue weighted by atomic mass is 35.7. The number of ether oxygens (including phenoxy) is 1. The van der Waals surface area contributed by atoms with Gasteiger partial charge >= 0.3 is 5.13 Å². The number of rotatable bonds is 4. The molecule has 34 heavy (non-hydrogen) atoms. The van der Waals surface area contributed by atoms with Crippen LogP contribution in [0.4, 0.5) is 5.13 Å². The summed E-state index contributed by atoms with van der Waals surface area (Å²) < 4.78 is 45.5. The first-order valence-corrected chi connectivity index (χ1v) is 12.0. The van der Waals surface area contributed by atoms with Crippen LogP contribution in [-0.2, 0) is 0 Å². The maximum Gasteiger partial charge on any atom is 0.381 e. The molecule has 0 bridgehead atoms. The third kappa shape index (κ3) is 6.61. The average Bonchev–Trinajstić information content (AvgIpc) is 3.13. The lowest BCUT2D eigenvalue weighted by molar-refractivity contribution is -2.00. The van der Waals surface area contributed by atoms with Crippen molar-refractivity contribution in [3.8, 4) is 17.1 Å². The zero-order valence-corrected chi connectivity index (χ0v) is 20.4. The minimum atomic E-state index is -4.94. The predicted molar refractivity (Wildman–Crippen MR) is 114 cm³/mol. The Morgan fingerprint density at radius 2 is 1.82 bits per heavy atom. The fourth-order valence-corrected chi connectivity index (χ4v) is 4.18. The van der Waals surface area contributed by atoms with Crippen LogP contribution in [0.1, 0.15) is 22.3 Å². The first-order chi connectivity index (χ1) is 16.0. The van der Waals surface area contributed by atoms with E-state index in [9.17, 15) is 4.79 Å². The SMILES string of the molecule is COc1ccc2oc(-c3ccccc3Cl)c/c(=[NH+]\c3nc(C)c(C(C)=O)s3)c2c1.[O-][Cl+3]([O-])([O-])[O-]. The number of benzene rings is 2. The van der Waals surface area contributed by atoms with Crippen molar-refractivity contribution in [2.75, 3.05) is 7.11 Å². The van der Waals surface area contributed by atoms with E-state index in [2.05, 4.69) is 9.98 Å². The van der Waals surface area contributed by atoms with Gasteiger partial charge in [0.25, 0.3) is 0 Å². The third-order valence-corrected chi connectivity index (χ3v) is 5.97. The number of fused-ring (bicyclic) bond motifs is 1. The summed E-state index contributed by atoms with van der Waals surface area (Å²) in [5.41, 5.74) is 2.17. The molecule has 0 amide bonds. The molecule has 2 aromatic carbocycles. The Balaban J connectivity index is 0.000000588. The molecule has 0 aliphatic carbocycles. The molecule has 1 N–H and O–H groups in total. The fourth-order valence-electron chi connectivity index (χ4n) is 3.08. The van der Waals surface area contributed by atoms with E-state index in [1.165, 1.54) is 11.3 Å². The predicted octanol–water partition coefficient (Wildman–Crippen LogP) is -0.714. The Kier molecular flexibility index (Phi) is 8.05. The van der Waals surface area contributed by atoms with Crippen LogP contribution in [0.15, 0.2) is 52.9 Å². The van der Waals surface area contributed by atoms with Crippen molar-refractivity contribution in [2.45, 2.75) is 13.8 Å². The van der Waals surface area contributed by atoms with E-state index in [1.54, 1.807) is 14.0 Å². The first-order valence-electron chi connectivity index (χ1n) is 9.53. The molecule has 2 aromatic heterocycles. The first kappa shape index (κ1) is 25.8. The molecule has 2 heterocycles. The van der Waals surface area contributed by atoms with Crippen LogP contribution >= 0.6 is 22.9 Å². The van der Waals surface area contributed by atoms with E-state index in [4.69, 9.17) is 39.4 Å². The number of nitrogens with zero attached hydrogens (tertiary/aromatic N) is 1. The zero-order chi connectivity index (χ0) is 25.0. The van der Waals surface area contributed by atoms with E-state index in [0.717, 1.165) is 16.3 Å². The summed E-state index contributed by atoms with van der Waals surface area (Å²) in [4.78, 5) is 20.3. The molecule has 178 valence electrons. The standard InChI is InChI=1S/C22H17ClN2O3S.ClHO4/c1-12-21(13(2)26)29-22(24-12)25-18-11-20(15-6-4-5-7-17(15)23)28-19-9-8-14(27-3)10-16(18)19;2-1(3,4)5/h4-11H,1-3H3;(H,2,3,4,5)/b25-18+;. The van der Waals surface area contributed by atoms with E-state index in [-0.39, 0.29) is 5.78 Å². The van der Waals surface area contributed by atoms with E-state index in [1.807, 2.05) is 55.5 Å². The van der Waals surface area contributed by atoms with Crippen LogP contribution in [0.3, 0.4) is 0 Å². The van der Waals surface area contributed by atoms with Gasteiger partial charge in [-0.15, -0.1) is 10.2 Å². The van der Waals surface area contributed by atoms with Crippen molar-refractivity contribution in [1.29, 1.82) is 0 Å². The Morgan fingerprint density at radius 3 is 2.41 bits per heavy atom. The number of hydrogen-bond donors (Lipinski definition) is 1. The second-order valence-corrected chi connectivity index (χ2v) is 9.02. The lowest BCUT2D eigenvalue weighted by Crippen LogP contribution is -2.70. The Morgan fingerprint density at radius 1 is 1.15 bits per heavy atom. The molecule has 0 spiro atoms. The maximum absolute atomic E-state index is 11.8. The van der Waals surface area contributed by atoms with E-state index < -0.39 is 10.2 Å². The van der Waals surface area contributed by atoms with Crippen LogP contribution < -0.4 is 33.7 Å². The van der Waals surface area contributed by atoms with Crippen molar-refractivity contribution in [2.24, 2.45) is 0 Å². The van der Waals surface area contributed by atoms with Crippen LogP contribution in [0, 0.1) is 17.2 Å². The summed E-state index contributed by atoms with van der Waals surface area (Å²) in [5, 5.41) is 2.84. The van der Waals surface area contributed by atoms with Gasteiger partial charge in [-0.3, -0.25) is 4.79 Å². The molecule has 9 nitrogen and oxygen atoms in total. The highest BCUT2D eigenvalue weighted by Gasteiger charge is 2.18. The average molecular weight is 525 g/mol. The van der Waals surface area contributed by atoms with Crippen LogP contribution in [0.2, 0.25) is 5.02 Å². The summed E-state index contributed by atoms with van der Waals surface area (Å²) >= 11 is 7.71. The number of aromatic nitrogens is 1. The molecule has 0 unspecified atom stereocenters. The largest absolute Gasteiger partial charge is 0.497 e. The lowest BCUT2D eigenvalue weighted by atomic mass is 10.1. The van der Waals surface area contributed by atoms with E-state index >= 15 is 0 Å². The van der Waals surface area contributed by atoms with Crippen molar-refractivity contribution in [1.82, 2.24) is 4.98 Å². The van der Waals surface area contributed by atoms with Gasteiger partial charge in [0.15, 0.2) is 11.5 Å². The number of halogens is 2. The summed E-state index contributed by atoms with van der Waals surface area (Å²) in [6.45, 7) is 3.37. The van der Waals surface area contributed by atoms with Crippen LogP contribution in [0.25, 0.3) is 22.3 Å². The van der Waals surface area contributed by atoms with Gasteiger partial charge in [-0.2, -0.15) is 0 Å². The van der Waals surface area contributed by atoms with Crippen LogP contribution in [-0.4, -0.2) is 17.9 Å². The zero-order valence-electron chi connectivity index (χ0n) is 18.1. The molecule has 0 saturated heterocycles. The number of hydrogen-bond acceptors (Lipinski definition) is 9. The molecule has 4 rings (SSSR count). The number of carbonyl (C=O) groups is 1. The topological polar surface area (TPSA) is 159 Å². The molecule has 0 radical (unpaired) electrons. The van der Waals surface area contributed by atoms with Crippen molar-refractivity contribution < 1.29 is 47.8 Å². The Hall–Kier alpha value is -2.83. The van der Waals surface area contributed by atoms with Gasteiger partial charge in [-0.1, -0.05) is 23.7 Å². The van der Waals surface area contributed by atoms with Gasteiger partial charge in [0, 0.05) is 25.5 Å². The monoisotopic (exact) mass is 524 g/mol. The lowest BCUT2D eigenvalue weighted by Gasteiger charge is -2.17. The molecule has 0 fully saturated rings. The minimum absolute atomic E-state index is 0.000560. The third-order valence-electron chi connectivity index (χ3n) is 4.47. The van der Waals surface area contributed by atoms with Gasteiger partial charge in [0.05, 0.1) is 17.5 Å². The summed E-state index contributed by atoms with van der Waals surface area (Å²) in [7, 11) is -3.33. The van der Waals surface area contributed by atoms with Crippen molar-refractivity contribution in [3.05, 3.63) is 69.5 Å². The maximum atomic E-state index is 11.8. The molecular weight excluding hydrogens is 507 g/mol. The number of aryl methyl sites for hydroxylation is 1. The summed E-state index contributed by atoms with van der Waals surface area (Å²) in [6, 6.07) is 15.0. The summed E-state index contributed by atoms with van der Waals surface area (Å²) in [6.07, 6.45) is 0. The van der Waals surface area contributed by atoms with Gasteiger partial charge in [-0.05, 0) is 46.7 Å². The number of methoxy groups -OCH3 is 1. The van der Waals surface area contributed by atoms with Gasteiger partial charge in [0.2, 0.25) is 0 Å². The normalized spacial score (nSPS) is 11.8. The molecule has 0 aliphatic heterocycles. The number of carbonyl (C=O) groups excluding carboxylic acids is 1. The van der Waals surface area contributed by atoms with Gasteiger partial charge in [0.1, 0.15) is 27.3 Å². The molecule has 0 saturated carbocycles. The van der Waals surface area contributed by atoms with Gasteiger partial charge in [-0.25, -0.2) is 23.6 Å². The molecule has 0 aliphatic rings. The highest BCUT2D eigenvalue weighted by Crippen LogP contribution is 2.29. The Bertz CT molecular complexity index is 1400. The molecule has 12 heteroatoms.